The van der Waals surface area contributed by atoms with Crippen molar-refractivity contribution in [1.29, 1.82) is 0 Å². The molecule has 0 aromatic heterocycles. The number of esters is 1. The molecule has 0 radical (unpaired) electrons. The Labute approximate surface area is 143 Å². The molecule has 0 saturated carbocycles. The molecule has 4 nitrogen and oxygen atoms in total. The first-order valence-corrected chi connectivity index (χ1v) is 7.67. The molecule has 130 valence electrons. The molecule has 0 fully saturated rings. The van der Waals surface area contributed by atoms with Crippen molar-refractivity contribution >= 4 is 17.5 Å². The van der Waals surface area contributed by atoms with Gasteiger partial charge in [-0.1, -0.05) is 12.1 Å². The Morgan fingerprint density at radius 2 is 1.44 bits per heavy atom. The lowest BCUT2D eigenvalue weighted by molar-refractivity contribution is -0.154. The van der Waals surface area contributed by atoms with Crippen molar-refractivity contribution in [3.63, 3.8) is 0 Å². The van der Waals surface area contributed by atoms with E-state index in [0.29, 0.717) is 5.56 Å². The minimum atomic E-state index is -1.10. The van der Waals surface area contributed by atoms with Gasteiger partial charge in [0.1, 0.15) is 11.6 Å². The molecule has 6 heteroatoms. The first-order chi connectivity index (χ1) is 11.9. The number of carbonyl (C=O) groups excluding carboxylic acids is 3. The van der Waals surface area contributed by atoms with E-state index >= 15 is 0 Å². The molecule has 0 amide bonds. The Balaban J connectivity index is 2.29. The van der Waals surface area contributed by atoms with Crippen LogP contribution < -0.4 is 0 Å². The van der Waals surface area contributed by atoms with E-state index in [0.717, 1.165) is 24.3 Å². The van der Waals surface area contributed by atoms with Crippen LogP contribution in [-0.2, 0) is 14.3 Å². The van der Waals surface area contributed by atoms with Crippen LogP contribution in [0.1, 0.15) is 35.2 Å². The second-order valence-electron chi connectivity index (χ2n) is 5.32. The molecular formula is C19H16F2O4. The van der Waals surface area contributed by atoms with E-state index in [1.807, 2.05) is 0 Å². The van der Waals surface area contributed by atoms with Crippen molar-refractivity contribution < 1.29 is 27.9 Å². The average molecular weight is 346 g/mol. The number of hydrogen-bond acceptors (Lipinski definition) is 4. The highest BCUT2D eigenvalue weighted by Crippen LogP contribution is 2.24. The summed E-state index contributed by atoms with van der Waals surface area (Å²) in [5.41, 5.74) is 0.542. The maximum atomic E-state index is 13.1. The predicted molar refractivity (Wildman–Crippen MR) is 86.1 cm³/mol. The highest BCUT2D eigenvalue weighted by Gasteiger charge is 2.30. The number of benzene rings is 2. The average Bonchev–Trinajstić information content (AvgIpc) is 2.60. The summed E-state index contributed by atoms with van der Waals surface area (Å²) in [6, 6.07) is 9.83. The van der Waals surface area contributed by atoms with Crippen LogP contribution in [0.15, 0.2) is 48.5 Å². The molecule has 0 aliphatic rings. The summed E-state index contributed by atoms with van der Waals surface area (Å²) in [6.45, 7) is 1.58. The van der Waals surface area contributed by atoms with Gasteiger partial charge in [-0.05, 0) is 48.9 Å². The van der Waals surface area contributed by atoms with E-state index in [2.05, 4.69) is 0 Å². The molecule has 0 heterocycles. The fraction of sp³-hybridized carbons (Fsp3) is 0.211. The maximum Gasteiger partial charge on any atom is 0.375 e. The van der Waals surface area contributed by atoms with Gasteiger partial charge in [0.05, 0.1) is 12.5 Å². The summed E-state index contributed by atoms with van der Waals surface area (Å²) < 4.78 is 30.8. The van der Waals surface area contributed by atoms with Crippen LogP contribution in [0.5, 0.6) is 0 Å². The highest BCUT2D eigenvalue weighted by atomic mass is 19.1. The maximum absolute atomic E-state index is 13.1. The van der Waals surface area contributed by atoms with Gasteiger partial charge in [-0.15, -0.1) is 0 Å². The monoisotopic (exact) mass is 346 g/mol. The van der Waals surface area contributed by atoms with Gasteiger partial charge in [-0.25, -0.2) is 13.6 Å². The van der Waals surface area contributed by atoms with Gasteiger partial charge in [-0.2, -0.15) is 0 Å². The van der Waals surface area contributed by atoms with Crippen molar-refractivity contribution in [2.45, 2.75) is 19.3 Å². The standard InChI is InChI=1S/C19H16F2O4/c1-2-25-19(24)18(23)16(12-3-7-14(20)8-4-12)11-17(22)13-5-9-15(21)10-6-13/h3-10,16H,2,11H2,1H3. The smallest absolute Gasteiger partial charge is 0.375 e. The third-order valence-electron chi connectivity index (χ3n) is 3.62. The summed E-state index contributed by atoms with van der Waals surface area (Å²) in [5, 5.41) is 0. The van der Waals surface area contributed by atoms with Gasteiger partial charge >= 0.3 is 5.97 Å². The molecule has 0 aliphatic heterocycles. The van der Waals surface area contributed by atoms with Crippen LogP contribution in [0.2, 0.25) is 0 Å². The fourth-order valence-corrected chi connectivity index (χ4v) is 2.34. The zero-order valence-corrected chi connectivity index (χ0v) is 13.5. The largest absolute Gasteiger partial charge is 0.460 e. The van der Waals surface area contributed by atoms with Crippen LogP contribution in [0.4, 0.5) is 8.78 Å². The molecule has 2 aromatic rings. The van der Waals surface area contributed by atoms with Crippen LogP contribution in [0.25, 0.3) is 0 Å². The van der Waals surface area contributed by atoms with Gasteiger partial charge in [-0.3, -0.25) is 9.59 Å². The fourth-order valence-electron chi connectivity index (χ4n) is 2.34. The first kappa shape index (κ1) is 18.4. The Bertz CT molecular complexity index is 767. The SMILES string of the molecule is CCOC(=O)C(=O)C(CC(=O)c1ccc(F)cc1)c1ccc(F)cc1. The van der Waals surface area contributed by atoms with Crippen molar-refractivity contribution in [3.05, 3.63) is 71.3 Å². The molecule has 0 saturated heterocycles. The molecule has 0 N–H and O–H groups in total. The number of hydrogen-bond donors (Lipinski definition) is 0. The Morgan fingerprint density at radius 1 is 0.920 bits per heavy atom. The topological polar surface area (TPSA) is 60.4 Å². The molecule has 2 rings (SSSR count). The third-order valence-corrected chi connectivity index (χ3v) is 3.62. The minimum absolute atomic E-state index is 0.0205. The summed E-state index contributed by atoms with van der Waals surface area (Å²) in [7, 11) is 0. The molecule has 25 heavy (non-hydrogen) atoms. The zero-order valence-electron chi connectivity index (χ0n) is 13.5. The van der Waals surface area contributed by atoms with Gasteiger partial charge < -0.3 is 4.74 Å². The number of ketones is 2. The lowest BCUT2D eigenvalue weighted by atomic mass is 9.88. The summed E-state index contributed by atoms with van der Waals surface area (Å²) in [5.74, 6) is -4.47. The second kappa shape index (κ2) is 8.28. The van der Waals surface area contributed by atoms with E-state index in [9.17, 15) is 23.2 Å². The molecule has 0 aliphatic carbocycles. The van der Waals surface area contributed by atoms with E-state index in [1.165, 1.54) is 24.3 Å². The highest BCUT2D eigenvalue weighted by molar-refractivity contribution is 6.36. The van der Waals surface area contributed by atoms with Crippen LogP contribution in [-0.4, -0.2) is 24.1 Å². The zero-order chi connectivity index (χ0) is 18.4. The number of ether oxygens (including phenoxy) is 1. The van der Waals surface area contributed by atoms with Crippen molar-refractivity contribution in [2.75, 3.05) is 6.61 Å². The normalized spacial score (nSPS) is 11.6. The van der Waals surface area contributed by atoms with Gasteiger partial charge in [0.15, 0.2) is 5.78 Å². The van der Waals surface area contributed by atoms with E-state index in [-0.39, 0.29) is 18.6 Å². The molecular weight excluding hydrogens is 330 g/mol. The third kappa shape index (κ3) is 4.79. The van der Waals surface area contributed by atoms with Crippen molar-refractivity contribution in [3.8, 4) is 0 Å². The van der Waals surface area contributed by atoms with E-state index < -0.39 is 35.1 Å². The molecule has 1 unspecified atom stereocenters. The van der Waals surface area contributed by atoms with Gasteiger partial charge in [0.25, 0.3) is 0 Å². The quantitative estimate of drug-likeness (QED) is 0.438. The molecule has 1 atom stereocenters. The Kier molecular flexibility index (Phi) is 6.11. The lowest BCUT2D eigenvalue weighted by Crippen LogP contribution is -2.26. The van der Waals surface area contributed by atoms with Crippen LogP contribution in [0, 0.1) is 11.6 Å². The summed E-state index contributed by atoms with van der Waals surface area (Å²) in [6.07, 6.45) is -0.311. The lowest BCUT2D eigenvalue weighted by Gasteiger charge is -2.15. The van der Waals surface area contributed by atoms with Crippen molar-refractivity contribution in [2.24, 2.45) is 0 Å². The predicted octanol–water partition coefficient (Wildman–Crippen LogP) is 3.45. The molecule has 0 spiro atoms. The van der Waals surface area contributed by atoms with Crippen LogP contribution in [0.3, 0.4) is 0 Å². The summed E-state index contributed by atoms with van der Waals surface area (Å²) in [4.78, 5) is 36.5. The van der Waals surface area contributed by atoms with Gasteiger partial charge in [0, 0.05) is 12.0 Å². The summed E-state index contributed by atoms with van der Waals surface area (Å²) >= 11 is 0. The number of rotatable bonds is 7. The number of carbonyl (C=O) groups is 3. The first-order valence-electron chi connectivity index (χ1n) is 7.67. The van der Waals surface area contributed by atoms with E-state index in [4.69, 9.17) is 4.74 Å². The Morgan fingerprint density at radius 3 is 1.96 bits per heavy atom. The second-order valence-corrected chi connectivity index (χ2v) is 5.32. The van der Waals surface area contributed by atoms with Gasteiger partial charge in [0.2, 0.25) is 5.78 Å². The minimum Gasteiger partial charge on any atom is -0.460 e. The molecule has 2 aromatic carbocycles. The van der Waals surface area contributed by atoms with E-state index in [1.54, 1.807) is 6.92 Å². The number of Topliss-reactive ketones (excluding diaryl/α,β-unsaturated/α-hetero) is 2. The Hall–Kier alpha value is -2.89. The van der Waals surface area contributed by atoms with Crippen molar-refractivity contribution in [1.82, 2.24) is 0 Å². The number of halogens is 2. The van der Waals surface area contributed by atoms with Crippen LogP contribution >= 0.6 is 0 Å². The molecule has 0 bridgehead atoms.